The number of pyridine rings is 1. The number of hydrogen-bond acceptors (Lipinski definition) is 4. The molecule has 0 aromatic carbocycles. The van der Waals surface area contributed by atoms with Gasteiger partial charge in [-0.3, -0.25) is 0 Å². The van der Waals surface area contributed by atoms with E-state index in [9.17, 15) is 0 Å². The fourth-order valence-corrected chi connectivity index (χ4v) is 0.895. The molecule has 0 aliphatic rings. The molecule has 0 amide bonds. The third kappa shape index (κ3) is 2.25. The predicted molar refractivity (Wildman–Crippen MR) is 51.0 cm³/mol. The van der Waals surface area contributed by atoms with Crippen LogP contribution < -0.4 is 11.2 Å². The van der Waals surface area contributed by atoms with E-state index in [4.69, 9.17) is 17.3 Å². The topological polar surface area (TPSA) is 54.2 Å². The Labute approximate surface area is 76.3 Å². The first-order chi connectivity index (χ1) is 5.59. The lowest BCUT2D eigenvalue weighted by Crippen LogP contribution is -2.21. The van der Waals surface area contributed by atoms with Gasteiger partial charge in [-0.15, -0.1) is 0 Å². The molecule has 0 aliphatic carbocycles. The van der Waals surface area contributed by atoms with Gasteiger partial charge in [-0.1, -0.05) is 11.6 Å². The fourth-order valence-electron chi connectivity index (χ4n) is 0.747. The van der Waals surface area contributed by atoms with E-state index in [0.717, 1.165) is 0 Å². The fraction of sp³-hybridized carbons (Fsp3) is 0.286. The standard InChI is InChI=1S/C7H11ClN4/c1-12(2)11-7-5(9)3-4-6(8)10-7/h3-4H,9H2,1-2H3,(H,10,11). The number of rotatable bonds is 2. The van der Waals surface area contributed by atoms with E-state index in [2.05, 4.69) is 10.4 Å². The van der Waals surface area contributed by atoms with Crippen LogP contribution in [0, 0.1) is 0 Å². The average Bonchev–Trinajstić information content (AvgIpc) is 1.96. The van der Waals surface area contributed by atoms with Crippen molar-refractivity contribution in [3.63, 3.8) is 0 Å². The Hall–Kier alpha value is -1.00. The van der Waals surface area contributed by atoms with E-state index in [1.807, 2.05) is 14.1 Å². The molecule has 5 heteroatoms. The molecule has 0 atom stereocenters. The molecule has 1 heterocycles. The van der Waals surface area contributed by atoms with E-state index in [-0.39, 0.29) is 0 Å². The van der Waals surface area contributed by atoms with Crippen LogP contribution in [0.1, 0.15) is 0 Å². The Balaban J connectivity index is 2.90. The van der Waals surface area contributed by atoms with Crippen LogP contribution in [0.2, 0.25) is 5.15 Å². The molecule has 12 heavy (non-hydrogen) atoms. The van der Waals surface area contributed by atoms with E-state index in [0.29, 0.717) is 16.7 Å². The highest BCUT2D eigenvalue weighted by Gasteiger charge is 2.01. The van der Waals surface area contributed by atoms with Crippen molar-refractivity contribution in [2.24, 2.45) is 0 Å². The minimum Gasteiger partial charge on any atom is -0.396 e. The van der Waals surface area contributed by atoms with Crippen molar-refractivity contribution in [3.05, 3.63) is 17.3 Å². The summed E-state index contributed by atoms with van der Waals surface area (Å²) >= 11 is 5.68. The molecule has 0 fully saturated rings. The molecular weight excluding hydrogens is 176 g/mol. The number of hydrogen-bond donors (Lipinski definition) is 2. The first-order valence-corrected chi connectivity index (χ1v) is 3.83. The molecule has 4 nitrogen and oxygen atoms in total. The number of anilines is 2. The second-order valence-corrected chi connectivity index (χ2v) is 2.97. The van der Waals surface area contributed by atoms with E-state index in [1.54, 1.807) is 17.1 Å². The summed E-state index contributed by atoms with van der Waals surface area (Å²) in [6.07, 6.45) is 0. The highest BCUT2D eigenvalue weighted by Crippen LogP contribution is 2.17. The third-order valence-electron chi connectivity index (χ3n) is 1.22. The number of nitrogen functional groups attached to an aromatic ring is 1. The number of aromatic nitrogens is 1. The van der Waals surface area contributed by atoms with Gasteiger partial charge in [0.2, 0.25) is 0 Å². The van der Waals surface area contributed by atoms with Crippen molar-refractivity contribution in [1.82, 2.24) is 9.99 Å². The maximum absolute atomic E-state index is 5.68. The van der Waals surface area contributed by atoms with Crippen LogP contribution in [0.15, 0.2) is 12.1 Å². The molecule has 0 saturated carbocycles. The maximum Gasteiger partial charge on any atom is 0.165 e. The maximum atomic E-state index is 5.68. The van der Waals surface area contributed by atoms with E-state index >= 15 is 0 Å². The van der Waals surface area contributed by atoms with Gasteiger partial charge in [-0.25, -0.2) is 9.99 Å². The molecule has 1 aromatic heterocycles. The van der Waals surface area contributed by atoms with Crippen LogP contribution in [0.5, 0.6) is 0 Å². The summed E-state index contributed by atoms with van der Waals surface area (Å²) in [5.41, 5.74) is 9.13. The molecule has 66 valence electrons. The summed E-state index contributed by atoms with van der Waals surface area (Å²) in [7, 11) is 3.70. The molecule has 0 aliphatic heterocycles. The van der Waals surface area contributed by atoms with E-state index < -0.39 is 0 Å². The van der Waals surface area contributed by atoms with Gasteiger partial charge in [0.25, 0.3) is 0 Å². The largest absolute Gasteiger partial charge is 0.396 e. The van der Waals surface area contributed by atoms with Crippen LogP contribution in [-0.4, -0.2) is 24.1 Å². The minimum absolute atomic E-state index is 0.425. The van der Waals surface area contributed by atoms with Gasteiger partial charge in [0.1, 0.15) is 5.15 Å². The number of halogens is 1. The highest BCUT2D eigenvalue weighted by atomic mass is 35.5. The van der Waals surface area contributed by atoms with Crippen LogP contribution in [0.4, 0.5) is 11.5 Å². The smallest absolute Gasteiger partial charge is 0.165 e. The summed E-state index contributed by atoms with van der Waals surface area (Å²) in [5.74, 6) is 0.576. The highest BCUT2D eigenvalue weighted by molar-refractivity contribution is 6.29. The zero-order valence-corrected chi connectivity index (χ0v) is 7.76. The Morgan fingerprint density at radius 2 is 2.17 bits per heavy atom. The molecule has 0 radical (unpaired) electrons. The Morgan fingerprint density at radius 1 is 1.50 bits per heavy atom. The van der Waals surface area contributed by atoms with Crippen molar-refractivity contribution in [3.8, 4) is 0 Å². The summed E-state index contributed by atoms with van der Waals surface area (Å²) in [4.78, 5) is 4.00. The Bertz CT molecular complexity index is 274. The lowest BCUT2D eigenvalue weighted by atomic mass is 10.4. The monoisotopic (exact) mass is 186 g/mol. The minimum atomic E-state index is 0.425. The SMILES string of the molecule is CN(C)Nc1nc(Cl)ccc1N. The zero-order valence-electron chi connectivity index (χ0n) is 7.00. The lowest BCUT2D eigenvalue weighted by molar-refractivity contribution is 0.493. The van der Waals surface area contributed by atoms with Crippen LogP contribution in [-0.2, 0) is 0 Å². The molecular formula is C7H11ClN4. The Kier molecular flexibility index (Phi) is 2.73. The summed E-state index contributed by atoms with van der Waals surface area (Å²) < 4.78 is 0. The van der Waals surface area contributed by atoms with Gasteiger partial charge >= 0.3 is 0 Å². The number of nitrogens with zero attached hydrogens (tertiary/aromatic N) is 2. The molecule has 0 bridgehead atoms. The van der Waals surface area contributed by atoms with Crippen LogP contribution in [0.25, 0.3) is 0 Å². The molecule has 0 saturated heterocycles. The second kappa shape index (κ2) is 3.60. The van der Waals surface area contributed by atoms with Gasteiger partial charge in [0.05, 0.1) is 5.69 Å². The molecule has 1 aromatic rings. The van der Waals surface area contributed by atoms with Gasteiger partial charge < -0.3 is 11.2 Å². The number of hydrazine groups is 1. The van der Waals surface area contributed by atoms with Gasteiger partial charge in [-0.05, 0) is 12.1 Å². The number of nitrogens with two attached hydrogens (primary N) is 1. The zero-order chi connectivity index (χ0) is 9.14. The first-order valence-electron chi connectivity index (χ1n) is 3.45. The number of nitrogens with one attached hydrogen (secondary N) is 1. The third-order valence-corrected chi connectivity index (χ3v) is 1.43. The summed E-state index contributed by atoms with van der Waals surface area (Å²) in [6, 6.07) is 3.36. The predicted octanol–water partition coefficient (Wildman–Crippen LogP) is 1.21. The van der Waals surface area contributed by atoms with Crippen LogP contribution >= 0.6 is 11.6 Å². The summed E-state index contributed by atoms with van der Waals surface area (Å²) in [6.45, 7) is 0. The lowest BCUT2D eigenvalue weighted by Gasteiger charge is -2.13. The second-order valence-electron chi connectivity index (χ2n) is 2.58. The molecule has 0 spiro atoms. The van der Waals surface area contributed by atoms with Crippen molar-refractivity contribution >= 4 is 23.1 Å². The average molecular weight is 187 g/mol. The molecule has 3 N–H and O–H groups in total. The van der Waals surface area contributed by atoms with Gasteiger partial charge in [0.15, 0.2) is 5.82 Å². The first kappa shape index (κ1) is 9.09. The normalized spacial score (nSPS) is 10.3. The molecule has 1 rings (SSSR count). The van der Waals surface area contributed by atoms with Crippen molar-refractivity contribution in [2.75, 3.05) is 25.3 Å². The van der Waals surface area contributed by atoms with Crippen molar-refractivity contribution in [2.45, 2.75) is 0 Å². The van der Waals surface area contributed by atoms with Crippen molar-refractivity contribution in [1.29, 1.82) is 0 Å². The molecule has 0 unspecified atom stereocenters. The van der Waals surface area contributed by atoms with Crippen LogP contribution in [0.3, 0.4) is 0 Å². The van der Waals surface area contributed by atoms with Gasteiger partial charge in [-0.2, -0.15) is 0 Å². The summed E-state index contributed by atoms with van der Waals surface area (Å²) in [5, 5.41) is 2.17. The van der Waals surface area contributed by atoms with E-state index in [1.165, 1.54) is 0 Å². The Morgan fingerprint density at radius 3 is 2.75 bits per heavy atom. The quantitative estimate of drug-likeness (QED) is 0.539. The van der Waals surface area contributed by atoms with Gasteiger partial charge in [0, 0.05) is 14.1 Å². The van der Waals surface area contributed by atoms with Crippen molar-refractivity contribution < 1.29 is 0 Å².